The van der Waals surface area contributed by atoms with Crippen molar-refractivity contribution in [2.24, 2.45) is 0 Å². The van der Waals surface area contributed by atoms with Gasteiger partial charge in [0.2, 0.25) is 5.91 Å². The highest BCUT2D eigenvalue weighted by atomic mass is 32.2. The lowest BCUT2D eigenvalue weighted by Crippen LogP contribution is -2.33. The molecule has 0 radical (unpaired) electrons. The Morgan fingerprint density at radius 2 is 2.14 bits per heavy atom. The first-order valence-electron chi connectivity index (χ1n) is 5.34. The van der Waals surface area contributed by atoms with E-state index in [0.717, 1.165) is 13.0 Å². The first kappa shape index (κ1) is 11.9. The van der Waals surface area contributed by atoms with Crippen molar-refractivity contribution in [3.63, 3.8) is 0 Å². The monoisotopic (exact) mass is 216 g/mol. The van der Waals surface area contributed by atoms with Crippen molar-refractivity contribution in [3.05, 3.63) is 0 Å². The summed E-state index contributed by atoms with van der Waals surface area (Å²) in [6, 6.07) is 0.695. The van der Waals surface area contributed by atoms with Gasteiger partial charge < -0.3 is 10.6 Å². The molecule has 0 spiro atoms. The molecule has 0 aliphatic carbocycles. The van der Waals surface area contributed by atoms with E-state index in [2.05, 4.69) is 10.6 Å². The molecular weight excluding hydrogens is 196 g/mol. The van der Waals surface area contributed by atoms with E-state index in [4.69, 9.17) is 0 Å². The molecule has 0 aromatic carbocycles. The highest BCUT2D eigenvalue weighted by Gasteiger charge is 2.12. The fraction of sp³-hybridized carbons (Fsp3) is 0.900. The predicted molar refractivity (Wildman–Crippen MR) is 61.7 cm³/mol. The van der Waals surface area contributed by atoms with Gasteiger partial charge in [0.1, 0.15) is 0 Å². The van der Waals surface area contributed by atoms with Gasteiger partial charge in [-0.3, -0.25) is 4.79 Å². The largest absolute Gasteiger partial charge is 0.359 e. The fourth-order valence-corrected chi connectivity index (χ4v) is 2.69. The van der Waals surface area contributed by atoms with E-state index in [9.17, 15) is 4.79 Å². The number of hydrogen-bond donors (Lipinski definition) is 2. The molecule has 1 saturated heterocycles. The molecule has 1 rings (SSSR count). The summed E-state index contributed by atoms with van der Waals surface area (Å²) < 4.78 is 0. The van der Waals surface area contributed by atoms with E-state index in [1.807, 2.05) is 11.8 Å². The number of nitrogens with one attached hydrogen (secondary N) is 2. The van der Waals surface area contributed by atoms with E-state index >= 15 is 0 Å². The molecule has 2 N–H and O–H groups in total. The molecule has 1 fully saturated rings. The lowest BCUT2D eigenvalue weighted by Gasteiger charge is -2.22. The summed E-state index contributed by atoms with van der Waals surface area (Å²) in [7, 11) is 1.69. The molecule has 1 heterocycles. The van der Waals surface area contributed by atoms with Crippen molar-refractivity contribution in [3.8, 4) is 0 Å². The van der Waals surface area contributed by atoms with E-state index in [1.165, 1.54) is 24.3 Å². The maximum absolute atomic E-state index is 10.9. The van der Waals surface area contributed by atoms with Crippen LogP contribution in [0.3, 0.4) is 0 Å². The van der Waals surface area contributed by atoms with Crippen LogP contribution >= 0.6 is 11.8 Å². The second-order valence-corrected chi connectivity index (χ2v) is 4.84. The van der Waals surface area contributed by atoms with Crippen LogP contribution < -0.4 is 10.6 Å². The zero-order valence-electron chi connectivity index (χ0n) is 8.84. The van der Waals surface area contributed by atoms with Crippen LogP contribution in [-0.2, 0) is 4.79 Å². The second-order valence-electron chi connectivity index (χ2n) is 3.62. The zero-order valence-corrected chi connectivity index (χ0v) is 9.66. The molecule has 82 valence electrons. The van der Waals surface area contributed by atoms with Crippen LogP contribution in [0.2, 0.25) is 0 Å². The van der Waals surface area contributed by atoms with Gasteiger partial charge in [0.25, 0.3) is 0 Å². The molecule has 0 saturated carbocycles. The lowest BCUT2D eigenvalue weighted by atomic mass is 10.1. The van der Waals surface area contributed by atoms with Crippen molar-refractivity contribution in [2.75, 3.05) is 25.1 Å². The van der Waals surface area contributed by atoms with Crippen LogP contribution in [0.4, 0.5) is 0 Å². The second kappa shape index (κ2) is 7.12. The molecule has 0 unspecified atom stereocenters. The van der Waals surface area contributed by atoms with Crippen molar-refractivity contribution in [2.45, 2.75) is 31.7 Å². The van der Waals surface area contributed by atoms with E-state index in [-0.39, 0.29) is 5.91 Å². The Morgan fingerprint density at radius 3 is 2.79 bits per heavy atom. The molecule has 0 atom stereocenters. The van der Waals surface area contributed by atoms with Crippen LogP contribution in [0, 0.1) is 0 Å². The van der Waals surface area contributed by atoms with Crippen LogP contribution in [0.5, 0.6) is 0 Å². The molecular formula is C10H20N2OS. The SMILES string of the molecule is CNC(=O)CCCNC1CCSCC1. The summed E-state index contributed by atoms with van der Waals surface area (Å²) in [5.74, 6) is 2.71. The third-order valence-electron chi connectivity index (χ3n) is 2.51. The molecule has 1 amide bonds. The van der Waals surface area contributed by atoms with Gasteiger partial charge in [-0.25, -0.2) is 0 Å². The normalized spacial score (nSPS) is 18.1. The number of thioether (sulfide) groups is 1. The first-order chi connectivity index (χ1) is 6.83. The summed E-state index contributed by atoms with van der Waals surface area (Å²) in [6.07, 6.45) is 4.16. The molecule has 1 aliphatic rings. The Hall–Kier alpha value is -0.220. The Bertz CT molecular complexity index is 170. The molecule has 0 bridgehead atoms. The van der Waals surface area contributed by atoms with Gasteiger partial charge in [-0.1, -0.05) is 0 Å². The summed E-state index contributed by atoms with van der Waals surface area (Å²) >= 11 is 2.04. The topological polar surface area (TPSA) is 41.1 Å². The summed E-state index contributed by atoms with van der Waals surface area (Å²) in [5, 5.41) is 6.14. The number of carbonyl (C=O) groups excluding carboxylic acids is 1. The first-order valence-corrected chi connectivity index (χ1v) is 6.50. The third kappa shape index (κ3) is 4.86. The van der Waals surface area contributed by atoms with Gasteiger partial charge >= 0.3 is 0 Å². The van der Waals surface area contributed by atoms with Crippen LogP contribution in [0.1, 0.15) is 25.7 Å². The van der Waals surface area contributed by atoms with Crippen molar-refractivity contribution in [1.82, 2.24) is 10.6 Å². The predicted octanol–water partition coefficient (Wildman–Crippen LogP) is 0.998. The molecule has 3 nitrogen and oxygen atoms in total. The summed E-state index contributed by atoms with van der Waals surface area (Å²) in [4.78, 5) is 10.9. The average molecular weight is 216 g/mol. The zero-order chi connectivity index (χ0) is 10.2. The standard InChI is InChI=1S/C10H20N2OS/c1-11-10(13)3-2-6-12-9-4-7-14-8-5-9/h9,12H,2-8H2,1H3,(H,11,13). The van der Waals surface area contributed by atoms with Gasteiger partial charge in [0.05, 0.1) is 0 Å². The van der Waals surface area contributed by atoms with Gasteiger partial charge in [0.15, 0.2) is 0 Å². The molecule has 0 aromatic heterocycles. The Balaban J connectivity index is 1.94. The molecule has 1 aliphatic heterocycles. The Labute approximate surface area is 90.4 Å². The minimum atomic E-state index is 0.144. The van der Waals surface area contributed by atoms with Gasteiger partial charge in [-0.05, 0) is 37.3 Å². The van der Waals surface area contributed by atoms with Crippen LogP contribution in [0.15, 0.2) is 0 Å². The minimum absolute atomic E-state index is 0.144. The fourth-order valence-electron chi connectivity index (χ4n) is 1.58. The highest BCUT2D eigenvalue weighted by Crippen LogP contribution is 2.16. The van der Waals surface area contributed by atoms with Crippen LogP contribution in [0.25, 0.3) is 0 Å². The van der Waals surface area contributed by atoms with Crippen molar-refractivity contribution in [1.29, 1.82) is 0 Å². The number of amides is 1. The molecule has 0 aromatic rings. The van der Waals surface area contributed by atoms with Crippen molar-refractivity contribution < 1.29 is 4.79 Å². The Kier molecular flexibility index (Phi) is 6.03. The lowest BCUT2D eigenvalue weighted by molar-refractivity contribution is -0.120. The number of rotatable bonds is 5. The highest BCUT2D eigenvalue weighted by molar-refractivity contribution is 7.99. The average Bonchev–Trinajstić information content (AvgIpc) is 2.25. The Morgan fingerprint density at radius 1 is 1.43 bits per heavy atom. The van der Waals surface area contributed by atoms with E-state index in [1.54, 1.807) is 7.05 Å². The smallest absolute Gasteiger partial charge is 0.219 e. The minimum Gasteiger partial charge on any atom is -0.359 e. The van der Waals surface area contributed by atoms with Gasteiger partial charge in [0, 0.05) is 19.5 Å². The summed E-state index contributed by atoms with van der Waals surface area (Å²) in [5.41, 5.74) is 0. The third-order valence-corrected chi connectivity index (χ3v) is 3.56. The van der Waals surface area contributed by atoms with Gasteiger partial charge in [-0.15, -0.1) is 0 Å². The number of carbonyl (C=O) groups is 1. The quantitative estimate of drug-likeness (QED) is 0.674. The molecule has 4 heteroatoms. The maximum Gasteiger partial charge on any atom is 0.219 e. The van der Waals surface area contributed by atoms with Crippen LogP contribution in [-0.4, -0.2) is 37.0 Å². The molecule has 14 heavy (non-hydrogen) atoms. The van der Waals surface area contributed by atoms with E-state index in [0.29, 0.717) is 12.5 Å². The van der Waals surface area contributed by atoms with Crippen molar-refractivity contribution >= 4 is 17.7 Å². The van der Waals surface area contributed by atoms with Gasteiger partial charge in [-0.2, -0.15) is 11.8 Å². The summed E-state index contributed by atoms with van der Waals surface area (Å²) in [6.45, 7) is 0.975. The maximum atomic E-state index is 10.9. The number of hydrogen-bond acceptors (Lipinski definition) is 3. The van der Waals surface area contributed by atoms with E-state index < -0.39 is 0 Å².